The van der Waals surface area contributed by atoms with Gasteiger partial charge >= 0.3 is 0 Å². The maximum absolute atomic E-state index is 13.2. The van der Waals surface area contributed by atoms with Gasteiger partial charge in [0.15, 0.2) is 29.6 Å². The lowest BCUT2D eigenvalue weighted by Crippen LogP contribution is -2.67. The highest BCUT2D eigenvalue weighted by Crippen LogP contribution is 2.37. The Kier molecular flexibility index (Phi) is 6.67. The Labute approximate surface area is 185 Å². The summed E-state index contributed by atoms with van der Waals surface area (Å²) < 4.78 is 18.1. The molecule has 2 atom stereocenters. The third kappa shape index (κ3) is 4.72. The van der Waals surface area contributed by atoms with E-state index < -0.39 is 26.3 Å². The van der Waals surface area contributed by atoms with Crippen LogP contribution < -0.4 is 10.4 Å². The van der Waals surface area contributed by atoms with Crippen molar-refractivity contribution >= 4 is 30.3 Å². The first-order valence-electron chi connectivity index (χ1n) is 10.6. The molecule has 1 aliphatic rings. The zero-order valence-electron chi connectivity index (χ0n) is 19.2. The van der Waals surface area contributed by atoms with Crippen LogP contribution in [0, 0.1) is 0 Å². The maximum atomic E-state index is 13.2. The summed E-state index contributed by atoms with van der Waals surface area (Å²) in [6.07, 6.45) is -1.88. The number of ether oxygens (including phenoxy) is 2. The molecule has 0 unspecified atom stereocenters. The lowest BCUT2D eigenvalue weighted by atomic mass is 10.1. The minimum atomic E-state index is -2.85. The summed E-state index contributed by atoms with van der Waals surface area (Å²) in [5, 5.41) is 1.93. The Bertz CT molecular complexity index is 878. The number of carbonyl (C=O) groups excluding carboxylic acids is 2. The SMILES string of the molecule is CC(=O)[C@@H]1OC(C)(C)O[C@@H]1C(=O)CO[Si](c1ccccc1)(c1ccccc1)C(C)(C)C. The molecule has 2 aromatic rings. The van der Waals surface area contributed by atoms with Crippen LogP contribution in [0.5, 0.6) is 0 Å². The number of benzene rings is 2. The van der Waals surface area contributed by atoms with Crippen LogP contribution in [0.15, 0.2) is 60.7 Å². The second kappa shape index (κ2) is 8.79. The van der Waals surface area contributed by atoms with E-state index in [0.29, 0.717) is 0 Å². The number of carbonyl (C=O) groups is 2. The second-order valence-electron chi connectivity index (χ2n) is 9.51. The van der Waals surface area contributed by atoms with Crippen LogP contribution in [0.3, 0.4) is 0 Å². The summed E-state index contributed by atoms with van der Waals surface area (Å²) in [5.41, 5.74) is 0. The molecule has 0 radical (unpaired) electrons. The monoisotopic (exact) mass is 440 g/mol. The summed E-state index contributed by atoms with van der Waals surface area (Å²) in [5.74, 6) is -1.50. The third-order valence-electron chi connectivity index (χ3n) is 5.66. The van der Waals surface area contributed by atoms with Crippen molar-refractivity contribution in [1.29, 1.82) is 0 Å². The molecule has 1 fully saturated rings. The van der Waals surface area contributed by atoms with Crippen LogP contribution in [0.25, 0.3) is 0 Å². The molecule has 3 rings (SSSR count). The molecule has 0 aliphatic carbocycles. The van der Waals surface area contributed by atoms with Crippen molar-refractivity contribution in [1.82, 2.24) is 0 Å². The standard InChI is InChI=1S/C25H32O5Si/c1-18(26)22-23(30-25(5,6)29-22)21(27)17-28-31(24(2,3)4,19-13-9-7-10-14-19)20-15-11-8-12-16-20/h7-16,22-23H,17H2,1-6H3/t22-,23+/m0/s1. The number of hydrogen-bond acceptors (Lipinski definition) is 5. The van der Waals surface area contributed by atoms with Crippen molar-refractivity contribution in [2.24, 2.45) is 0 Å². The average Bonchev–Trinajstić information content (AvgIpc) is 3.05. The van der Waals surface area contributed by atoms with Gasteiger partial charge in [-0.1, -0.05) is 81.4 Å². The molecule has 0 aromatic heterocycles. The van der Waals surface area contributed by atoms with Crippen LogP contribution in [0.1, 0.15) is 41.5 Å². The number of rotatable bonds is 7. The summed E-state index contributed by atoms with van der Waals surface area (Å²) in [6, 6.07) is 20.3. The molecule has 6 heteroatoms. The molecule has 1 saturated heterocycles. The number of ketones is 2. The fourth-order valence-corrected chi connectivity index (χ4v) is 8.83. The molecule has 1 heterocycles. The zero-order chi connectivity index (χ0) is 22.9. The quantitative estimate of drug-likeness (QED) is 0.619. The summed E-state index contributed by atoms with van der Waals surface area (Å²) in [6.45, 7) is 11.1. The van der Waals surface area contributed by atoms with E-state index in [0.717, 1.165) is 10.4 Å². The molecule has 0 spiro atoms. The molecule has 5 nitrogen and oxygen atoms in total. The molecule has 0 N–H and O–H groups in total. The van der Waals surface area contributed by atoms with Crippen molar-refractivity contribution in [2.75, 3.05) is 6.61 Å². The van der Waals surface area contributed by atoms with E-state index in [1.54, 1.807) is 13.8 Å². The first kappa shape index (κ1) is 23.5. The van der Waals surface area contributed by atoms with Gasteiger partial charge in [0, 0.05) is 0 Å². The Morgan fingerprint density at radius 3 is 1.77 bits per heavy atom. The highest BCUT2D eigenvalue weighted by atomic mass is 28.4. The lowest BCUT2D eigenvalue weighted by Gasteiger charge is -2.43. The van der Waals surface area contributed by atoms with Gasteiger partial charge in [-0.05, 0) is 36.2 Å². The minimum Gasteiger partial charge on any atom is -0.400 e. The fourth-order valence-electron chi connectivity index (χ4n) is 4.32. The van der Waals surface area contributed by atoms with Crippen molar-refractivity contribution < 1.29 is 23.5 Å². The van der Waals surface area contributed by atoms with Gasteiger partial charge in [-0.15, -0.1) is 0 Å². The van der Waals surface area contributed by atoms with E-state index >= 15 is 0 Å². The smallest absolute Gasteiger partial charge is 0.261 e. The Hall–Kier alpha value is -2.12. The summed E-state index contributed by atoms with van der Waals surface area (Å²) in [4.78, 5) is 25.3. The summed E-state index contributed by atoms with van der Waals surface area (Å²) >= 11 is 0. The summed E-state index contributed by atoms with van der Waals surface area (Å²) in [7, 11) is -2.85. The Balaban J connectivity index is 1.98. The first-order valence-corrected chi connectivity index (χ1v) is 12.5. The largest absolute Gasteiger partial charge is 0.400 e. The van der Waals surface area contributed by atoms with Crippen LogP contribution in [0.2, 0.25) is 5.04 Å². The minimum absolute atomic E-state index is 0.152. The van der Waals surface area contributed by atoms with E-state index in [2.05, 4.69) is 45.0 Å². The molecule has 0 saturated carbocycles. The molecule has 0 bridgehead atoms. The normalized spacial score (nSPS) is 21.1. The van der Waals surface area contributed by atoms with Gasteiger partial charge in [-0.2, -0.15) is 0 Å². The molecular formula is C25H32O5Si. The van der Waals surface area contributed by atoms with E-state index in [1.807, 2.05) is 36.4 Å². The number of Topliss-reactive ketones (excluding diaryl/α,β-unsaturated/α-hetero) is 2. The predicted molar refractivity (Wildman–Crippen MR) is 123 cm³/mol. The zero-order valence-corrected chi connectivity index (χ0v) is 20.2. The van der Waals surface area contributed by atoms with Gasteiger partial charge in [-0.3, -0.25) is 9.59 Å². The Morgan fingerprint density at radius 1 is 0.903 bits per heavy atom. The van der Waals surface area contributed by atoms with Crippen LogP contribution in [-0.4, -0.2) is 44.5 Å². The molecule has 166 valence electrons. The molecular weight excluding hydrogens is 408 g/mol. The molecule has 2 aromatic carbocycles. The van der Waals surface area contributed by atoms with E-state index in [-0.39, 0.29) is 23.2 Å². The van der Waals surface area contributed by atoms with Gasteiger partial charge < -0.3 is 13.9 Å². The number of hydrogen-bond donors (Lipinski definition) is 0. The van der Waals surface area contributed by atoms with Gasteiger partial charge in [0.1, 0.15) is 0 Å². The highest BCUT2D eigenvalue weighted by Gasteiger charge is 2.52. The fraction of sp³-hybridized carbons (Fsp3) is 0.440. The second-order valence-corrected chi connectivity index (χ2v) is 13.8. The molecule has 0 amide bonds. The van der Waals surface area contributed by atoms with E-state index in [4.69, 9.17) is 13.9 Å². The van der Waals surface area contributed by atoms with Crippen LogP contribution >= 0.6 is 0 Å². The van der Waals surface area contributed by atoms with Crippen LogP contribution in [-0.2, 0) is 23.5 Å². The van der Waals surface area contributed by atoms with E-state index in [1.165, 1.54) is 6.92 Å². The van der Waals surface area contributed by atoms with Gasteiger partial charge in [0.05, 0.1) is 6.61 Å². The van der Waals surface area contributed by atoms with E-state index in [9.17, 15) is 9.59 Å². The predicted octanol–water partition coefficient (Wildman–Crippen LogP) is 3.24. The maximum Gasteiger partial charge on any atom is 0.261 e. The lowest BCUT2D eigenvalue weighted by molar-refractivity contribution is -0.158. The third-order valence-corrected chi connectivity index (χ3v) is 10.6. The van der Waals surface area contributed by atoms with Gasteiger partial charge in [0.2, 0.25) is 0 Å². The van der Waals surface area contributed by atoms with Crippen LogP contribution in [0.4, 0.5) is 0 Å². The van der Waals surface area contributed by atoms with Crippen molar-refractivity contribution in [3.05, 3.63) is 60.7 Å². The van der Waals surface area contributed by atoms with Crippen molar-refractivity contribution in [3.8, 4) is 0 Å². The average molecular weight is 441 g/mol. The topological polar surface area (TPSA) is 61.8 Å². The van der Waals surface area contributed by atoms with Gasteiger partial charge in [0.25, 0.3) is 8.32 Å². The first-order chi connectivity index (χ1) is 14.5. The molecule has 31 heavy (non-hydrogen) atoms. The van der Waals surface area contributed by atoms with Crippen molar-refractivity contribution in [3.63, 3.8) is 0 Å². The van der Waals surface area contributed by atoms with Gasteiger partial charge in [-0.25, -0.2) is 0 Å². The highest BCUT2D eigenvalue weighted by molar-refractivity contribution is 6.99. The molecule has 1 aliphatic heterocycles. The van der Waals surface area contributed by atoms with Crippen molar-refractivity contribution in [2.45, 2.75) is 64.6 Å². The Morgan fingerprint density at radius 2 is 1.35 bits per heavy atom.